The van der Waals surface area contributed by atoms with Crippen LogP contribution in [-0.2, 0) is 27.5 Å². The normalized spacial score (nSPS) is 11.6. The van der Waals surface area contributed by atoms with Gasteiger partial charge >= 0.3 is 6.18 Å². The summed E-state index contributed by atoms with van der Waals surface area (Å²) in [5.41, 5.74) is -0.723. The van der Waals surface area contributed by atoms with Crippen molar-refractivity contribution in [2.24, 2.45) is 0 Å². The van der Waals surface area contributed by atoms with Crippen LogP contribution in [0.3, 0.4) is 0 Å². The summed E-state index contributed by atoms with van der Waals surface area (Å²) in [4.78, 5) is 16.3. The van der Waals surface area contributed by atoms with Gasteiger partial charge in [0.05, 0.1) is 30.4 Å². The van der Waals surface area contributed by atoms with Crippen LogP contribution in [0.15, 0.2) is 71.9 Å². The maximum absolute atomic E-state index is 13.5. The van der Waals surface area contributed by atoms with Crippen molar-refractivity contribution >= 4 is 21.6 Å². The van der Waals surface area contributed by atoms with Crippen molar-refractivity contribution in [3.05, 3.63) is 78.1 Å². The van der Waals surface area contributed by atoms with E-state index in [0.717, 1.165) is 12.1 Å². The zero-order chi connectivity index (χ0) is 25.6. The molecule has 0 saturated heterocycles. The minimum atomic E-state index is -4.71. The fraction of sp³-hybridized carbons (Fsp3) is 0.217. The van der Waals surface area contributed by atoms with Crippen LogP contribution in [-0.4, -0.2) is 40.1 Å². The maximum atomic E-state index is 13.5. The zero-order valence-electron chi connectivity index (χ0n) is 18.7. The molecule has 12 heteroatoms. The number of aromatic nitrogens is 1. The van der Waals surface area contributed by atoms with Gasteiger partial charge in [0, 0.05) is 25.0 Å². The van der Waals surface area contributed by atoms with E-state index in [4.69, 9.17) is 9.47 Å². The summed E-state index contributed by atoms with van der Waals surface area (Å²) in [6, 6.07) is 10.8. The van der Waals surface area contributed by atoms with Gasteiger partial charge in [0.25, 0.3) is 10.0 Å². The van der Waals surface area contributed by atoms with Gasteiger partial charge in [-0.15, -0.1) is 0 Å². The van der Waals surface area contributed by atoms with E-state index in [9.17, 15) is 26.4 Å². The first-order valence-corrected chi connectivity index (χ1v) is 11.6. The average Bonchev–Trinajstić information content (AvgIpc) is 2.85. The van der Waals surface area contributed by atoms with Crippen LogP contribution in [0.5, 0.6) is 11.5 Å². The maximum Gasteiger partial charge on any atom is 0.416 e. The molecule has 0 aliphatic rings. The number of nitrogens with zero attached hydrogens (tertiary/aromatic N) is 2. The molecule has 1 heterocycles. The number of carbonyl (C=O) groups excluding carboxylic acids is 1. The smallest absolute Gasteiger partial charge is 0.416 e. The Morgan fingerprint density at radius 1 is 1.03 bits per heavy atom. The van der Waals surface area contributed by atoms with Crippen molar-refractivity contribution in [2.75, 3.05) is 25.1 Å². The lowest BCUT2D eigenvalue weighted by Crippen LogP contribution is -2.40. The summed E-state index contributed by atoms with van der Waals surface area (Å²) in [6.07, 6.45) is -1.64. The molecular weight excluding hydrogens is 487 g/mol. The summed E-state index contributed by atoms with van der Waals surface area (Å²) in [7, 11) is -1.82. The number of ether oxygens (including phenoxy) is 2. The molecule has 0 fully saturated rings. The van der Waals surface area contributed by atoms with Crippen LogP contribution in [0.2, 0.25) is 0 Å². The van der Waals surface area contributed by atoms with Crippen LogP contribution >= 0.6 is 0 Å². The zero-order valence-corrected chi connectivity index (χ0v) is 19.6. The van der Waals surface area contributed by atoms with Crippen LogP contribution in [0.4, 0.5) is 18.9 Å². The van der Waals surface area contributed by atoms with Crippen molar-refractivity contribution in [1.29, 1.82) is 0 Å². The van der Waals surface area contributed by atoms with Gasteiger partial charge in [0.15, 0.2) is 11.5 Å². The van der Waals surface area contributed by atoms with E-state index in [0.29, 0.717) is 15.9 Å². The molecule has 2 aromatic carbocycles. The minimum Gasteiger partial charge on any atom is -0.493 e. The Balaban J connectivity index is 2.00. The summed E-state index contributed by atoms with van der Waals surface area (Å²) >= 11 is 0. The van der Waals surface area contributed by atoms with Crippen LogP contribution in [0.25, 0.3) is 0 Å². The number of rotatable bonds is 9. The van der Waals surface area contributed by atoms with Crippen LogP contribution in [0.1, 0.15) is 11.1 Å². The Hall–Kier alpha value is -3.80. The van der Waals surface area contributed by atoms with Gasteiger partial charge in [-0.05, 0) is 42.0 Å². The Labute approximate surface area is 200 Å². The molecule has 0 aliphatic heterocycles. The number of benzene rings is 2. The number of methoxy groups -OCH3 is 2. The van der Waals surface area contributed by atoms with Gasteiger partial charge in [-0.2, -0.15) is 13.2 Å². The molecule has 3 aromatic rings. The summed E-state index contributed by atoms with van der Waals surface area (Å²) < 4.78 is 77.9. The third kappa shape index (κ3) is 6.21. The first-order valence-electron chi connectivity index (χ1n) is 10.1. The predicted octanol–water partition coefficient (Wildman–Crippen LogP) is 3.63. The summed E-state index contributed by atoms with van der Waals surface area (Å²) in [6.45, 7) is -0.711. The van der Waals surface area contributed by atoms with Crippen molar-refractivity contribution in [3.63, 3.8) is 0 Å². The number of halogens is 3. The van der Waals surface area contributed by atoms with E-state index in [1.807, 2.05) is 0 Å². The summed E-state index contributed by atoms with van der Waals surface area (Å²) in [5, 5.41) is 2.56. The molecule has 0 atom stereocenters. The predicted molar refractivity (Wildman–Crippen MR) is 122 cm³/mol. The Morgan fingerprint density at radius 2 is 1.77 bits per heavy atom. The standard InChI is InChI=1S/C23H22F3N3O5S/c1-33-20-9-8-19(12-21(20)34-2)35(31,32)29(18-7-3-6-17(11-18)23(24,25)26)15-22(30)28-14-16-5-4-10-27-13-16/h3-13H,14-15H2,1-2H3,(H,28,30). The molecule has 8 nitrogen and oxygen atoms in total. The molecule has 0 unspecified atom stereocenters. The molecule has 0 bridgehead atoms. The van der Waals surface area contributed by atoms with Gasteiger partial charge in [0.2, 0.25) is 5.91 Å². The molecule has 3 rings (SSSR count). The summed E-state index contributed by atoms with van der Waals surface area (Å²) in [5.74, 6) is -0.375. The van der Waals surface area contributed by atoms with Gasteiger partial charge in [0.1, 0.15) is 6.54 Å². The van der Waals surface area contributed by atoms with Gasteiger partial charge in [-0.25, -0.2) is 8.42 Å². The van der Waals surface area contributed by atoms with E-state index >= 15 is 0 Å². The molecule has 0 radical (unpaired) electrons. The van der Waals surface area contributed by atoms with Gasteiger partial charge in [-0.1, -0.05) is 12.1 Å². The SMILES string of the molecule is COc1ccc(S(=O)(=O)N(CC(=O)NCc2cccnc2)c2cccc(C(F)(F)F)c2)cc1OC. The van der Waals surface area contributed by atoms with Crippen molar-refractivity contribution in [3.8, 4) is 11.5 Å². The topological polar surface area (TPSA) is 97.8 Å². The molecule has 186 valence electrons. The highest BCUT2D eigenvalue weighted by Gasteiger charge is 2.33. The third-order valence-corrected chi connectivity index (χ3v) is 6.67. The monoisotopic (exact) mass is 509 g/mol. The Morgan fingerprint density at radius 3 is 2.40 bits per heavy atom. The number of anilines is 1. The minimum absolute atomic E-state index is 0.0551. The van der Waals surface area contributed by atoms with Gasteiger partial charge in [-0.3, -0.25) is 14.1 Å². The second-order valence-corrected chi connectivity index (χ2v) is 9.08. The lowest BCUT2D eigenvalue weighted by atomic mass is 10.2. The third-order valence-electron chi connectivity index (χ3n) is 4.90. The van der Waals surface area contributed by atoms with Crippen molar-refractivity contribution in [2.45, 2.75) is 17.6 Å². The lowest BCUT2D eigenvalue weighted by Gasteiger charge is -2.25. The fourth-order valence-corrected chi connectivity index (χ4v) is 4.58. The number of amides is 1. The largest absolute Gasteiger partial charge is 0.493 e. The van der Waals surface area contributed by atoms with E-state index in [1.165, 1.54) is 44.7 Å². The van der Waals surface area contributed by atoms with E-state index in [1.54, 1.807) is 18.3 Å². The molecule has 1 amide bonds. The fourth-order valence-electron chi connectivity index (χ4n) is 3.15. The highest BCUT2D eigenvalue weighted by molar-refractivity contribution is 7.92. The van der Waals surface area contributed by atoms with Gasteiger partial charge < -0.3 is 14.8 Å². The molecule has 35 heavy (non-hydrogen) atoms. The van der Waals surface area contributed by atoms with Crippen molar-refractivity contribution < 1.29 is 35.9 Å². The number of sulfonamides is 1. The number of nitrogens with one attached hydrogen (secondary N) is 1. The molecule has 1 aromatic heterocycles. The lowest BCUT2D eigenvalue weighted by molar-refractivity contribution is -0.137. The Kier molecular flexibility index (Phi) is 7.85. The Bertz CT molecular complexity index is 1290. The van der Waals surface area contributed by atoms with E-state index in [-0.39, 0.29) is 28.6 Å². The second kappa shape index (κ2) is 10.6. The molecule has 0 saturated carbocycles. The van der Waals surface area contributed by atoms with E-state index in [2.05, 4.69) is 10.3 Å². The first kappa shape index (κ1) is 25.8. The molecular formula is C23H22F3N3O5S. The van der Waals surface area contributed by atoms with E-state index < -0.39 is 34.2 Å². The second-order valence-electron chi connectivity index (χ2n) is 7.21. The van der Waals surface area contributed by atoms with Crippen LogP contribution in [0, 0.1) is 0 Å². The molecule has 0 spiro atoms. The average molecular weight is 510 g/mol. The van der Waals surface area contributed by atoms with Crippen LogP contribution < -0.4 is 19.1 Å². The molecule has 0 aliphatic carbocycles. The highest BCUT2D eigenvalue weighted by atomic mass is 32.2. The number of alkyl halides is 3. The number of carbonyl (C=O) groups is 1. The first-order chi connectivity index (χ1) is 16.6. The van der Waals surface area contributed by atoms with Crippen molar-refractivity contribution in [1.82, 2.24) is 10.3 Å². The molecule has 1 N–H and O–H groups in total. The number of hydrogen-bond donors (Lipinski definition) is 1. The quantitative estimate of drug-likeness (QED) is 0.473. The number of hydrogen-bond acceptors (Lipinski definition) is 6. The number of pyridine rings is 1. The highest BCUT2D eigenvalue weighted by Crippen LogP contribution is 2.35.